The Hall–Kier alpha value is -2.44. The number of rotatable bonds is 3. The highest BCUT2D eigenvalue weighted by Gasteiger charge is 2.27. The third-order valence-electron chi connectivity index (χ3n) is 3.52. The Morgan fingerprint density at radius 3 is 2.71 bits per heavy atom. The van der Waals surface area contributed by atoms with E-state index in [2.05, 4.69) is 15.7 Å². The van der Waals surface area contributed by atoms with Gasteiger partial charge < -0.3 is 5.32 Å². The van der Waals surface area contributed by atoms with Gasteiger partial charge in [-0.15, -0.1) is 0 Å². The molecule has 112 valence electrons. The predicted molar refractivity (Wildman–Crippen MR) is 76.0 cm³/mol. The fraction of sp³-hybridized carbons (Fsp3) is 0.429. The SMILES string of the molecule is Cc1nn(C)c(C)c1C=CC(=O)NC1CCC(=O)NC1=O. The van der Waals surface area contributed by atoms with Crippen LogP contribution in [0.4, 0.5) is 0 Å². The van der Waals surface area contributed by atoms with E-state index in [4.69, 9.17) is 0 Å². The molecule has 1 atom stereocenters. The molecule has 1 aromatic heterocycles. The summed E-state index contributed by atoms with van der Waals surface area (Å²) in [5.41, 5.74) is 2.67. The number of piperidine rings is 1. The highest BCUT2D eigenvalue weighted by molar-refractivity contribution is 6.03. The van der Waals surface area contributed by atoms with Gasteiger partial charge in [-0.1, -0.05) is 0 Å². The molecule has 0 aromatic carbocycles. The molecule has 1 aromatic rings. The van der Waals surface area contributed by atoms with Crippen LogP contribution in [0.3, 0.4) is 0 Å². The van der Waals surface area contributed by atoms with E-state index in [-0.39, 0.29) is 18.2 Å². The topological polar surface area (TPSA) is 93.1 Å². The normalized spacial score (nSPS) is 18.9. The third kappa shape index (κ3) is 3.36. The second-order valence-electron chi connectivity index (χ2n) is 5.05. The lowest BCUT2D eigenvalue weighted by atomic mass is 10.1. The molecule has 1 aliphatic rings. The van der Waals surface area contributed by atoms with Crippen LogP contribution < -0.4 is 10.6 Å². The number of imide groups is 1. The molecular formula is C14H18N4O3. The maximum atomic E-state index is 11.9. The van der Waals surface area contributed by atoms with E-state index < -0.39 is 11.9 Å². The minimum atomic E-state index is -0.657. The largest absolute Gasteiger partial charge is 0.341 e. The number of carbonyl (C=O) groups excluding carboxylic acids is 3. The predicted octanol–water partition coefficient (Wildman–Crippen LogP) is -0.0285. The highest BCUT2D eigenvalue weighted by atomic mass is 16.2. The first-order chi connectivity index (χ1) is 9.88. The Labute approximate surface area is 122 Å². The summed E-state index contributed by atoms with van der Waals surface area (Å²) in [6.45, 7) is 3.78. The zero-order chi connectivity index (χ0) is 15.6. The minimum Gasteiger partial charge on any atom is -0.341 e. The van der Waals surface area contributed by atoms with Gasteiger partial charge in [-0.05, 0) is 26.3 Å². The van der Waals surface area contributed by atoms with E-state index in [1.807, 2.05) is 20.9 Å². The van der Waals surface area contributed by atoms with Crippen LogP contribution in [0.25, 0.3) is 6.08 Å². The van der Waals surface area contributed by atoms with Crippen molar-refractivity contribution < 1.29 is 14.4 Å². The van der Waals surface area contributed by atoms with Crippen LogP contribution in [0.5, 0.6) is 0 Å². The number of hydrogen-bond acceptors (Lipinski definition) is 4. The maximum Gasteiger partial charge on any atom is 0.249 e. The third-order valence-corrected chi connectivity index (χ3v) is 3.52. The van der Waals surface area contributed by atoms with Crippen LogP contribution in [0, 0.1) is 13.8 Å². The monoisotopic (exact) mass is 290 g/mol. The van der Waals surface area contributed by atoms with Crippen molar-refractivity contribution in [2.45, 2.75) is 32.7 Å². The molecular weight excluding hydrogens is 272 g/mol. The van der Waals surface area contributed by atoms with Crippen LogP contribution in [0.1, 0.15) is 29.8 Å². The van der Waals surface area contributed by atoms with E-state index in [0.717, 1.165) is 17.0 Å². The summed E-state index contributed by atoms with van der Waals surface area (Å²) in [6, 6.07) is -0.657. The van der Waals surface area contributed by atoms with Crippen molar-refractivity contribution in [2.75, 3.05) is 0 Å². The molecule has 0 spiro atoms. The molecule has 0 saturated carbocycles. The number of hydrogen-bond donors (Lipinski definition) is 2. The summed E-state index contributed by atoms with van der Waals surface area (Å²) in [7, 11) is 1.84. The molecule has 1 unspecified atom stereocenters. The van der Waals surface area contributed by atoms with Crippen molar-refractivity contribution >= 4 is 23.8 Å². The second kappa shape index (κ2) is 5.90. The van der Waals surface area contributed by atoms with Gasteiger partial charge in [0.25, 0.3) is 0 Å². The Morgan fingerprint density at radius 2 is 2.14 bits per heavy atom. The van der Waals surface area contributed by atoms with Gasteiger partial charge in [0, 0.05) is 30.8 Å². The summed E-state index contributed by atoms with van der Waals surface area (Å²) in [4.78, 5) is 34.4. The number of nitrogens with one attached hydrogen (secondary N) is 2. The van der Waals surface area contributed by atoms with Crippen LogP contribution in [0.15, 0.2) is 6.08 Å². The first-order valence-corrected chi connectivity index (χ1v) is 6.71. The van der Waals surface area contributed by atoms with Gasteiger partial charge in [0.2, 0.25) is 17.7 Å². The lowest BCUT2D eigenvalue weighted by Gasteiger charge is -2.20. The quantitative estimate of drug-likeness (QED) is 0.604. The summed E-state index contributed by atoms with van der Waals surface area (Å²) in [6.07, 6.45) is 3.62. The van der Waals surface area contributed by atoms with Gasteiger partial charge in [0.1, 0.15) is 6.04 Å². The zero-order valence-electron chi connectivity index (χ0n) is 12.3. The molecule has 1 fully saturated rings. The molecule has 2 rings (SSSR count). The van der Waals surface area contributed by atoms with E-state index in [9.17, 15) is 14.4 Å². The smallest absolute Gasteiger partial charge is 0.249 e. The summed E-state index contributed by atoms with van der Waals surface area (Å²) in [5, 5.41) is 9.04. The van der Waals surface area contributed by atoms with Crippen molar-refractivity contribution in [3.8, 4) is 0 Å². The molecule has 0 bridgehead atoms. The minimum absolute atomic E-state index is 0.237. The van der Waals surface area contributed by atoms with Crippen LogP contribution >= 0.6 is 0 Å². The molecule has 21 heavy (non-hydrogen) atoms. The number of amides is 3. The first-order valence-electron chi connectivity index (χ1n) is 6.71. The standard InChI is InChI=1S/C14H18N4O3/c1-8-10(9(2)18(3)17-8)4-6-12(19)15-11-5-7-13(20)16-14(11)21/h4,6,11H,5,7H2,1-3H3,(H,15,19)(H,16,20,21). The molecule has 0 aliphatic carbocycles. The number of nitrogens with zero attached hydrogens (tertiary/aromatic N) is 2. The van der Waals surface area contributed by atoms with E-state index >= 15 is 0 Å². The van der Waals surface area contributed by atoms with Crippen molar-refractivity contribution in [3.05, 3.63) is 23.0 Å². The Balaban J connectivity index is 2.00. The second-order valence-corrected chi connectivity index (χ2v) is 5.05. The Bertz CT molecular complexity index is 630. The van der Waals surface area contributed by atoms with Gasteiger partial charge >= 0.3 is 0 Å². The summed E-state index contributed by atoms with van der Waals surface area (Å²) in [5.74, 6) is -1.13. The van der Waals surface area contributed by atoms with Crippen LogP contribution in [0.2, 0.25) is 0 Å². The lowest BCUT2D eigenvalue weighted by molar-refractivity contribution is -0.136. The highest BCUT2D eigenvalue weighted by Crippen LogP contribution is 2.13. The van der Waals surface area contributed by atoms with Crippen LogP contribution in [-0.2, 0) is 21.4 Å². The molecule has 2 N–H and O–H groups in total. The molecule has 3 amide bonds. The maximum absolute atomic E-state index is 11.9. The molecule has 0 radical (unpaired) electrons. The van der Waals surface area contributed by atoms with E-state index in [1.165, 1.54) is 6.08 Å². The number of aromatic nitrogens is 2. The molecule has 1 saturated heterocycles. The fourth-order valence-electron chi connectivity index (χ4n) is 2.24. The average Bonchev–Trinajstić information content (AvgIpc) is 2.65. The van der Waals surface area contributed by atoms with Crippen molar-refractivity contribution in [3.63, 3.8) is 0 Å². The number of aryl methyl sites for hydroxylation is 2. The van der Waals surface area contributed by atoms with Gasteiger partial charge in [-0.25, -0.2) is 0 Å². The molecule has 2 heterocycles. The Kier molecular flexibility index (Phi) is 4.21. The average molecular weight is 290 g/mol. The van der Waals surface area contributed by atoms with Gasteiger partial charge in [-0.2, -0.15) is 5.10 Å². The fourth-order valence-corrected chi connectivity index (χ4v) is 2.24. The Morgan fingerprint density at radius 1 is 1.43 bits per heavy atom. The molecule has 7 heteroatoms. The van der Waals surface area contributed by atoms with Gasteiger partial charge in [0.05, 0.1) is 5.69 Å². The zero-order valence-corrected chi connectivity index (χ0v) is 12.3. The van der Waals surface area contributed by atoms with E-state index in [0.29, 0.717) is 6.42 Å². The van der Waals surface area contributed by atoms with Crippen LogP contribution in [-0.4, -0.2) is 33.5 Å². The van der Waals surface area contributed by atoms with Crippen molar-refractivity contribution in [1.29, 1.82) is 0 Å². The first kappa shape index (κ1) is 15.0. The number of carbonyl (C=O) groups is 3. The van der Waals surface area contributed by atoms with E-state index in [1.54, 1.807) is 10.8 Å². The van der Waals surface area contributed by atoms with Crippen molar-refractivity contribution in [1.82, 2.24) is 20.4 Å². The van der Waals surface area contributed by atoms with Gasteiger partial charge in [-0.3, -0.25) is 24.4 Å². The molecule has 1 aliphatic heterocycles. The van der Waals surface area contributed by atoms with Crippen molar-refractivity contribution in [2.24, 2.45) is 7.05 Å². The summed E-state index contributed by atoms with van der Waals surface area (Å²) >= 11 is 0. The summed E-state index contributed by atoms with van der Waals surface area (Å²) < 4.78 is 1.74. The molecule has 7 nitrogen and oxygen atoms in total. The lowest BCUT2D eigenvalue weighted by Crippen LogP contribution is -2.51. The van der Waals surface area contributed by atoms with Gasteiger partial charge in [0.15, 0.2) is 0 Å².